The molecular weight excluding hydrogens is 165 g/mol. The van der Waals surface area contributed by atoms with Crippen molar-refractivity contribution in [3.8, 4) is 0 Å². The number of hydrogen-bond donors (Lipinski definition) is 2. The van der Waals surface area contributed by atoms with E-state index in [1.165, 1.54) is 0 Å². The molecule has 1 rings (SSSR count). The molecule has 0 aliphatic rings. The predicted molar refractivity (Wildman–Crippen MR) is 61.0 cm³/mol. The Balaban J connectivity index is 3.31. The van der Waals surface area contributed by atoms with Crippen molar-refractivity contribution in [2.45, 2.75) is 11.8 Å². The quantitative estimate of drug-likeness (QED) is 0.371. The van der Waals surface area contributed by atoms with Crippen LogP contribution >= 0.6 is 12.6 Å². The van der Waals surface area contributed by atoms with E-state index in [2.05, 4.69) is 19.2 Å². The highest BCUT2D eigenvalue weighted by atomic mass is 32.1. The van der Waals surface area contributed by atoms with Crippen molar-refractivity contribution >= 4 is 37.2 Å². The first-order valence-corrected chi connectivity index (χ1v) is 4.22. The summed E-state index contributed by atoms with van der Waals surface area (Å²) in [6, 6.07) is 3.94. The Labute approximate surface area is 79.5 Å². The van der Waals surface area contributed by atoms with Crippen LogP contribution in [-0.4, -0.2) is 7.85 Å². The molecule has 0 bridgehead atoms. The first kappa shape index (κ1) is 9.26. The van der Waals surface area contributed by atoms with Crippen LogP contribution in [0.5, 0.6) is 0 Å². The Hall–Kier alpha value is -0.825. The predicted octanol–water partition coefficient (Wildman–Crippen LogP) is 0.849. The largest absolute Gasteiger partial charge is 0.398 e. The fraction of sp³-hybridized carbons (Fsp3) is 0.111. The molecule has 0 aliphatic heterocycles. The number of anilines is 1. The molecule has 0 amide bonds. The zero-order valence-electron chi connectivity index (χ0n) is 7.39. The monoisotopic (exact) mass is 177 g/mol. The van der Waals surface area contributed by atoms with Crippen molar-refractivity contribution in [2.75, 3.05) is 5.73 Å². The van der Waals surface area contributed by atoms with E-state index in [-0.39, 0.29) is 0 Å². The van der Waals surface area contributed by atoms with Crippen molar-refractivity contribution in [1.29, 1.82) is 0 Å². The van der Waals surface area contributed by atoms with E-state index < -0.39 is 0 Å². The van der Waals surface area contributed by atoms with Crippen LogP contribution in [0.3, 0.4) is 0 Å². The van der Waals surface area contributed by atoms with Crippen LogP contribution in [0.2, 0.25) is 0 Å². The second kappa shape index (κ2) is 3.27. The van der Waals surface area contributed by atoms with E-state index in [1.54, 1.807) is 0 Å². The Morgan fingerprint density at radius 3 is 2.58 bits per heavy atom. The van der Waals surface area contributed by atoms with E-state index in [9.17, 15) is 0 Å². The third-order valence-corrected chi connectivity index (χ3v) is 2.43. The third-order valence-electron chi connectivity index (χ3n) is 1.82. The number of rotatable bonds is 1. The van der Waals surface area contributed by atoms with Gasteiger partial charge >= 0.3 is 0 Å². The molecule has 0 fully saturated rings. The lowest BCUT2D eigenvalue weighted by Crippen LogP contribution is -2.08. The van der Waals surface area contributed by atoms with Crippen molar-refractivity contribution in [1.82, 2.24) is 0 Å². The summed E-state index contributed by atoms with van der Waals surface area (Å²) in [5, 5.41) is 0. The molecule has 1 nitrogen and oxygen atoms in total. The minimum Gasteiger partial charge on any atom is -0.398 e. The zero-order valence-corrected chi connectivity index (χ0v) is 8.28. The average Bonchev–Trinajstić information content (AvgIpc) is 1.99. The summed E-state index contributed by atoms with van der Waals surface area (Å²) in [4.78, 5) is 0.861. The molecule has 1 aromatic rings. The summed E-state index contributed by atoms with van der Waals surface area (Å²) in [6.07, 6.45) is 0. The number of nitrogen functional groups attached to an aromatic ring is 1. The number of nitrogens with two attached hydrogens (primary N) is 1. The fourth-order valence-electron chi connectivity index (χ4n) is 1.05. The van der Waals surface area contributed by atoms with Crippen LogP contribution < -0.4 is 11.2 Å². The second-order valence-electron chi connectivity index (χ2n) is 3.01. The van der Waals surface area contributed by atoms with Gasteiger partial charge in [0.05, 0.1) is 0 Å². The van der Waals surface area contributed by atoms with E-state index in [0.29, 0.717) is 0 Å². The molecule has 0 unspecified atom stereocenters. The normalized spacial score (nSPS) is 9.83. The van der Waals surface area contributed by atoms with Gasteiger partial charge in [0.2, 0.25) is 0 Å². The summed E-state index contributed by atoms with van der Waals surface area (Å²) in [7, 11) is 1.99. The van der Waals surface area contributed by atoms with Crippen molar-refractivity contribution in [2.24, 2.45) is 0 Å². The molecule has 0 saturated heterocycles. The third kappa shape index (κ3) is 1.67. The highest BCUT2D eigenvalue weighted by molar-refractivity contribution is 7.80. The summed E-state index contributed by atoms with van der Waals surface area (Å²) in [6.45, 7) is 5.82. The van der Waals surface area contributed by atoms with Crippen LogP contribution in [0.15, 0.2) is 23.6 Å². The Morgan fingerprint density at radius 1 is 1.58 bits per heavy atom. The van der Waals surface area contributed by atoms with Gasteiger partial charge in [-0.05, 0) is 18.6 Å². The average molecular weight is 177 g/mol. The van der Waals surface area contributed by atoms with Crippen LogP contribution in [0.25, 0.3) is 5.57 Å². The number of hydrogen-bond acceptors (Lipinski definition) is 2. The molecule has 0 aromatic heterocycles. The minimum atomic E-state index is 0.719. The first-order valence-electron chi connectivity index (χ1n) is 3.77. The van der Waals surface area contributed by atoms with Crippen molar-refractivity contribution in [3.63, 3.8) is 0 Å². The van der Waals surface area contributed by atoms with Crippen LogP contribution in [0, 0.1) is 0 Å². The smallest absolute Gasteiger partial charge is 0.140 e. The van der Waals surface area contributed by atoms with Gasteiger partial charge in [-0.1, -0.05) is 23.7 Å². The molecule has 0 atom stereocenters. The van der Waals surface area contributed by atoms with Crippen molar-refractivity contribution < 1.29 is 0 Å². The van der Waals surface area contributed by atoms with Crippen LogP contribution in [-0.2, 0) is 0 Å². The first-order chi connectivity index (χ1) is 5.52. The van der Waals surface area contributed by atoms with Gasteiger partial charge in [0.1, 0.15) is 7.85 Å². The Kier molecular flexibility index (Phi) is 2.53. The van der Waals surface area contributed by atoms with Crippen LogP contribution in [0.4, 0.5) is 5.69 Å². The summed E-state index contributed by atoms with van der Waals surface area (Å²) < 4.78 is 0. The minimum absolute atomic E-state index is 0.719. The van der Waals surface area contributed by atoms with Gasteiger partial charge in [-0.3, -0.25) is 0 Å². The molecule has 1 aromatic carbocycles. The molecule has 0 heterocycles. The standard InChI is InChI=1S/C9H12BNS/c1-5(2)6-3-7(10)9(12)8(11)4-6/h3-4,12H,1,10-11H2,2H3. The summed E-state index contributed by atoms with van der Waals surface area (Å²) in [5.74, 6) is 0. The Bertz CT molecular complexity index is 310. The van der Waals surface area contributed by atoms with Gasteiger partial charge in [0, 0.05) is 10.6 Å². The SMILES string of the molecule is Bc1cc(C(=C)C)cc(N)c1S. The topological polar surface area (TPSA) is 26.0 Å². The van der Waals surface area contributed by atoms with Crippen LogP contribution in [0.1, 0.15) is 12.5 Å². The van der Waals surface area contributed by atoms with E-state index in [4.69, 9.17) is 5.73 Å². The van der Waals surface area contributed by atoms with E-state index in [0.717, 1.165) is 27.2 Å². The molecule has 0 aliphatic carbocycles. The molecular formula is C9H12BNS. The second-order valence-corrected chi connectivity index (χ2v) is 3.46. The fourth-order valence-corrected chi connectivity index (χ4v) is 1.18. The Morgan fingerprint density at radius 2 is 2.17 bits per heavy atom. The molecule has 3 heteroatoms. The lowest BCUT2D eigenvalue weighted by atomic mass is 9.92. The van der Waals surface area contributed by atoms with Gasteiger partial charge in [-0.25, -0.2) is 0 Å². The lowest BCUT2D eigenvalue weighted by molar-refractivity contribution is 1.49. The van der Waals surface area contributed by atoms with Gasteiger partial charge in [0.15, 0.2) is 0 Å². The van der Waals surface area contributed by atoms with E-state index in [1.807, 2.05) is 26.9 Å². The molecule has 0 saturated carbocycles. The molecule has 2 N–H and O–H groups in total. The number of benzene rings is 1. The highest BCUT2D eigenvalue weighted by Gasteiger charge is 2.01. The number of thiol groups is 1. The molecule has 0 radical (unpaired) electrons. The summed E-state index contributed by atoms with van der Waals surface area (Å²) >= 11 is 4.27. The van der Waals surface area contributed by atoms with Crippen molar-refractivity contribution in [3.05, 3.63) is 24.3 Å². The maximum Gasteiger partial charge on any atom is 0.140 e. The molecule has 12 heavy (non-hydrogen) atoms. The van der Waals surface area contributed by atoms with Gasteiger partial charge in [0.25, 0.3) is 0 Å². The lowest BCUT2D eigenvalue weighted by Gasteiger charge is -2.07. The molecule has 62 valence electrons. The van der Waals surface area contributed by atoms with Gasteiger partial charge in [-0.15, -0.1) is 12.6 Å². The molecule has 0 spiro atoms. The number of allylic oxidation sites excluding steroid dienone is 1. The van der Waals surface area contributed by atoms with Gasteiger partial charge in [-0.2, -0.15) is 0 Å². The summed E-state index contributed by atoms with van der Waals surface area (Å²) in [5.41, 5.74) is 9.67. The highest BCUT2D eigenvalue weighted by Crippen LogP contribution is 2.19. The maximum atomic E-state index is 5.74. The van der Waals surface area contributed by atoms with Gasteiger partial charge < -0.3 is 5.73 Å². The zero-order chi connectivity index (χ0) is 9.30. The maximum absolute atomic E-state index is 5.74. The van der Waals surface area contributed by atoms with E-state index >= 15 is 0 Å².